The molecule has 2 aromatic rings. The number of imidazole rings is 1. The normalized spacial score (nSPS) is 12.3. The van der Waals surface area contributed by atoms with Gasteiger partial charge in [-0.1, -0.05) is 0 Å². The lowest BCUT2D eigenvalue weighted by Gasteiger charge is -2.24. The van der Waals surface area contributed by atoms with Gasteiger partial charge < -0.3 is 9.30 Å². The highest BCUT2D eigenvalue weighted by molar-refractivity contribution is 9.10. The van der Waals surface area contributed by atoms with Crippen LogP contribution in [-0.4, -0.2) is 27.2 Å². The monoisotopic (exact) mass is 331 g/mol. The molecule has 2 aromatic heterocycles. The molecule has 0 spiro atoms. The van der Waals surface area contributed by atoms with E-state index in [2.05, 4.69) is 25.9 Å². The molecule has 0 aliphatic rings. The van der Waals surface area contributed by atoms with E-state index >= 15 is 0 Å². The van der Waals surface area contributed by atoms with Gasteiger partial charge in [0.1, 0.15) is 11.3 Å². The average Bonchev–Trinajstić information content (AvgIpc) is 2.66. The van der Waals surface area contributed by atoms with Gasteiger partial charge in [-0.25, -0.2) is 9.97 Å². The average molecular weight is 333 g/mol. The zero-order chi connectivity index (χ0) is 13.3. The van der Waals surface area contributed by atoms with Crippen LogP contribution in [0.3, 0.4) is 0 Å². The topological polar surface area (TPSA) is 39.9 Å². The Labute approximate surface area is 119 Å². The second-order valence-electron chi connectivity index (χ2n) is 4.71. The maximum absolute atomic E-state index is 5.95. The SMILES string of the molecule is COC(C)(C)Cn1c(CCl)nc2cc(Br)cnc21. The fraction of sp³-hybridized carbons (Fsp3) is 0.500. The minimum atomic E-state index is -0.288. The van der Waals surface area contributed by atoms with Crippen molar-refractivity contribution in [2.75, 3.05) is 7.11 Å². The van der Waals surface area contributed by atoms with Gasteiger partial charge >= 0.3 is 0 Å². The predicted molar refractivity (Wildman–Crippen MR) is 75.9 cm³/mol. The number of halogens is 2. The maximum atomic E-state index is 5.95. The van der Waals surface area contributed by atoms with Crippen molar-refractivity contribution in [1.82, 2.24) is 14.5 Å². The van der Waals surface area contributed by atoms with Crippen LogP contribution in [0.5, 0.6) is 0 Å². The summed E-state index contributed by atoms with van der Waals surface area (Å²) in [5.41, 5.74) is 1.38. The summed E-state index contributed by atoms with van der Waals surface area (Å²) in [6.07, 6.45) is 1.76. The summed E-state index contributed by atoms with van der Waals surface area (Å²) >= 11 is 9.35. The van der Waals surface area contributed by atoms with Crippen molar-refractivity contribution in [3.63, 3.8) is 0 Å². The van der Waals surface area contributed by atoms with Gasteiger partial charge in [-0.05, 0) is 35.8 Å². The standard InChI is InChI=1S/C12H15BrClN3O/c1-12(2,18-3)7-17-10(5-14)16-9-4-8(13)6-15-11(9)17/h4,6H,5,7H2,1-3H3. The molecule has 0 amide bonds. The minimum Gasteiger partial charge on any atom is -0.377 e. The number of aromatic nitrogens is 3. The predicted octanol–water partition coefficient (Wildman–Crippen LogP) is 3.36. The molecule has 2 rings (SSSR count). The molecule has 18 heavy (non-hydrogen) atoms. The number of fused-ring (bicyclic) bond motifs is 1. The van der Waals surface area contributed by atoms with Gasteiger partial charge in [0.05, 0.1) is 18.0 Å². The molecule has 0 saturated carbocycles. The van der Waals surface area contributed by atoms with Crippen LogP contribution < -0.4 is 0 Å². The number of alkyl halides is 1. The first-order valence-electron chi connectivity index (χ1n) is 5.58. The lowest BCUT2D eigenvalue weighted by atomic mass is 10.1. The number of hydrogen-bond donors (Lipinski definition) is 0. The van der Waals surface area contributed by atoms with Gasteiger partial charge in [0.15, 0.2) is 5.65 Å². The Bertz CT molecular complexity index is 568. The van der Waals surface area contributed by atoms with E-state index in [0.29, 0.717) is 12.4 Å². The van der Waals surface area contributed by atoms with Crippen molar-refractivity contribution in [1.29, 1.82) is 0 Å². The fourth-order valence-electron chi connectivity index (χ4n) is 1.75. The van der Waals surface area contributed by atoms with E-state index in [1.165, 1.54) is 0 Å². The molecule has 0 aliphatic heterocycles. The maximum Gasteiger partial charge on any atom is 0.160 e. The number of hydrogen-bond acceptors (Lipinski definition) is 3. The molecule has 0 fully saturated rings. The van der Waals surface area contributed by atoms with Crippen molar-refractivity contribution < 1.29 is 4.74 Å². The number of methoxy groups -OCH3 is 1. The third-order valence-corrected chi connectivity index (χ3v) is 3.51. The second kappa shape index (κ2) is 5.15. The highest BCUT2D eigenvalue weighted by Gasteiger charge is 2.21. The number of nitrogens with zero attached hydrogens (tertiary/aromatic N) is 3. The summed E-state index contributed by atoms with van der Waals surface area (Å²) in [7, 11) is 1.70. The molecule has 0 N–H and O–H groups in total. The van der Waals surface area contributed by atoms with E-state index < -0.39 is 0 Å². The summed E-state index contributed by atoms with van der Waals surface area (Å²) in [6, 6.07) is 1.94. The molecule has 0 aromatic carbocycles. The molecular formula is C12H15BrClN3O. The zero-order valence-corrected chi connectivity index (χ0v) is 12.9. The van der Waals surface area contributed by atoms with Crippen LogP contribution >= 0.6 is 27.5 Å². The van der Waals surface area contributed by atoms with Gasteiger partial charge in [0.2, 0.25) is 0 Å². The lowest BCUT2D eigenvalue weighted by molar-refractivity contribution is 0.00843. The molecule has 6 heteroatoms. The van der Waals surface area contributed by atoms with Gasteiger partial charge in [0.25, 0.3) is 0 Å². The van der Waals surface area contributed by atoms with Crippen molar-refractivity contribution in [3.8, 4) is 0 Å². The fourth-order valence-corrected chi connectivity index (χ4v) is 2.27. The van der Waals surface area contributed by atoms with Gasteiger partial charge in [-0.2, -0.15) is 0 Å². The summed E-state index contributed by atoms with van der Waals surface area (Å²) in [6.45, 7) is 4.71. The molecule has 2 heterocycles. The summed E-state index contributed by atoms with van der Waals surface area (Å²) < 4.78 is 8.38. The molecule has 4 nitrogen and oxygen atoms in total. The molecule has 0 atom stereocenters. The zero-order valence-electron chi connectivity index (χ0n) is 10.6. The van der Waals surface area contributed by atoms with Crippen molar-refractivity contribution in [3.05, 3.63) is 22.6 Å². The van der Waals surface area contributed by atoms with Gasteiger partial charge in [-0.3, -0.25) is 0 Å². The van der Waals surface area contributed by atoms with Crippen LogP contribution in [0.15, 0.2) is 16.7 Å². The van der Waals surface area contributed by atoms with Crippen LogP contribution in [0.2, 0.25) is 0 Å². The first-order valence-corrected chi connectivity index (χ1v) is 6.91. The minimum absolute atomic E-state index is 0.288. The van der Waals surface area contributed by atoms with E-state index in [1.54, 1.807) is 13.3 Å². The first kappa shape index (κ1) is 13.8. The van der Waals surface area contributed by atoms with Crippen LogP contribution in [-0.2, 0) is 17.2 Å². The summed E-state index contributed by atoms with van der Waals surface area (Å²) in [5.74, 6) is 1.16. The lowest BCUT2D eigenvalue weighted by Crippen LogP contribution is -2.29. The van der Waals surface area contributed by atoms with Crippen molar-refractivity contribution >= 4 is 38.7 Å². The quantitative estimate of drug-likeness (QED) is 0.806. The molecule has 0 radical (unpaired) electrons. The van der Waals surface area contributed by atoms with E-state index in [-0.39, 0.29) is 5.60 Å². The molecule has 0 bridgehead atoms. The molecule has 0 saturated heterocycles. The van der Waals surface area contributed by atoms with Crippen LogP contribution in [0.1, 0.15) is 19.7 Å². The van der Waals surface area contributed by atoms with E-state index in [0.717, 1.165) is 21.5 Å². The summed E-state index contributed by atoms with van der Waals surface area (Å²) in [5, 5.41) is 0. The Kier molecular flexibility index (Phi) is 3.94. The molecular weight excluding hydrogens is 318 g/mol. The Morgan fingerprint density at radius 3 is 2.83 bits per heavy atom. The Hall–Kier alpha value is -0.650. The van der Waals surface area contributed by atoms with E-state index in [1.807, 2.05) is 24.5 Å². The molecule has 0 aliphatic carbocycles. The third-order valence-electron chi connectivity index (χ3n) is 2.84. The van der Waals surface area contributed by atoms with Crippen LogP contribution in [0.25, 0.3) is 11.2 Å². The smallest absolute Gasteiger partial charge is 0.160 e. The largest absolute Gasteiger partial charge is 0.377 e. The molecule has 98 valence electrons. The first-order chi connectivity index (χ1) is 8.46. The Morgan fingerprint density at radius 2 is 2.22 bits per heavy atom. The number of pyridine rings is 1. The summed E-state index contributed by atoms with van der Waals surface area (Å²) in [4.78, 5) is 8.90. The second-order valence-corrected chi connectivity index (χ2v) is 5.89. The highest BCUT2D eigenvalue weighted by atomic mass is 79.9. The Morgan fingerprint density at radius 1 is 1.50 bits per heavy atom. The highest BCUT2D eigenvalue weighted by Crippen LogP contribution is 2.22. The van der Waals surface area contributed by atoms with E-state index in [9.17, 15) is 0 Å². The van der Waals surface area contributed by atoms with Gasteiger partial charge in [-0.15, -0.1) is 11.6 Å². The number of ether oxygens (including phenoxy) is 1. The van der Waals surface area contributed by atoms with Crippen LogP contribution in [0.4, 0.5) is 0 Å². The third kappa shape index (κ3) is 2.68. The molecule has 0 unspecified atom stereocenters. The van der Waals surface area contributed by atoms with Gasteiger partial charge in [0, 0.05) is 17.8 Å². The van der Waals surface area contributed by atoms with Crippen molar-refractivity contribution in [2.24, 2.45) is 0 Å². The number of rotatable bonds is 4. The van der Waals surface area contributed by atoms with Crippen LogP contribution in [0, 0.1) is 0 Å². The Balaban J connectivity index is 2.53. The van der Waals surface area contributed by atoms with E-state index in [4.69, 9.17) is 16.3 Å². The van der Waals surface area contributed by atoms with Crippen molar-refractivity contribution in [2.45, 2.75) is 31.9 Å².